The third-order valence-corrected chi connectivity index (χ3v) is 2.79. The maximum Gasteiger partial charge on any atom is 0.466 e. The van der Waals surface area contributed by atoms with Crippen LogP contribution in [-0.2, 0) is 9.30 Å². The van der Waals surface area contributed by atoms with Gasteiger partial charge in [-0.2, -0.15) is 0 Å². The van der Waals surface area contributed by atoms with Crippen LogP contribution < -0.4 is 5.73 Å². The number of aliphatic hydroxyl groups excluding tert-OH is 2. The fraction of sp³-hybridized carbons (Fsp3) is 0.444. The number of fused-ring (bicyclic) bond motifs is 1. The van der Waals surface area contributed by atoms with Gasteiger partial charge in [-0.05, 0) is 0 Å². The van der Waals surface area contributed by atoms with Crippen molar-refractivity contribution in [2.75, 3.05) is 12.3 Å². The second-order valence-corrected chi connectivity index (χ2v) is 5.40. The fourth-order valence-corrected chi connectivity index (χ4v) is 1.89. The Kier molecular flexibility index (Phi) is 4.72. The summed E-state index contributed by atoms with van der Waals surface area (Å²) in [6.07, 6.45) is 0.152. The lowest BCUT2D eigenvalue weighted by Crippen LogP contribution is -2.28. The van der Waals surface area contributed by atoms with Gasteiger partial charge >= 0.3 is 7.82 Å². The van der Waals surface area contributed by atoms with E-state index in [4.69, 9.17) is 29.7 Å². The molecule has 1 fully saturated rings. The molecule has 0 aromatic carbocycles. The fourth-order valence-electron chi connectivity index (χ4n) is 1.89. The standard InChI is InChI=1S/C9H11N5O3.H3O4P/c10-7-5-8(12-2-11-7)14(3-13-5)9-6(16)4(15)1-17-9;1-5(2,3)4/h2-4,6,9,15-16H,1H2,(H2,10,11,12);(H3,1,2,3,4)/t4-,6+,9+;/m0./s1. The van der Waals surface area contributed by atoms with Crippen LogP contribution in [0.2, 0.25) is 0 Å². The van der Waals surface area contributed by atoms with Gasteiger partial charge in [-0.25, -0.2) is 19.5 Å². The molecule has 0 radical (unpaired) electrons. The predicted octanol–water partition coefficient (Wildman–Crippen LogP) is -2.27. The molecule has 1 saturated heterocycles. The van der Waals surface area contributed by atoms with E-state index in [1.165, 1.54) is 17.2 Å². The number of hydrogen-bond acceptors (Lipinski definition) is 8. The molecule has 3 atom stereocenters. The van der Waals surface area contributed by atoms with Crippen molar-refractivity contribution < 1.29 is 34.2 Å². The summed E-state index contributed by atoms with van der Waals surface area (Å²) >= 11 is 0. The van der Waals surface area contributed by atoms with Crippen molar-refractivity contribution in [1.29, 1.82) is 0 Å². The van der Waals surface area contributed by atoms with Crippen LogP contribution in [0, 0.1) is 0 Å². The van der Waals surface area contributed by atoms with E-state index in [0.29, 0.717) is 11.2 Å². The van der Waals surface area contributed by atoms with Crippen LogP contribution >= 0.6 is 7.82 Å². The van der Waals surface area contributed by atoms with E-state index in [1.54, 1.807) is 0 Å². The van der Waals surface area contributed by atoms with E-state index in [1.807, 2.05) is 0 Å². The van der Waals surface area contributed by atoms with E-state index in [0.717, 1.165) is 0 Å². The maximum absolute atomic E-state index is 9.76. The maximum atomic E-state index is 9.76. The number of anilines is 1. The highest BCUT2D eigenvalue weighted by Gasteiger charge is 2.36. The van der Waals surface area contributed by atoms with Crippen LogP contribution in [0.3, 0.4) is 0 Å². The minimum absolute atomic E-state index is 0.0755. The van der Waals surface area contributed by atoms with E-state index in [9.17, 15) is 10.2 Å². The molecule has 7 N–H and O–H groups in total. The zero-order valence-corrected chi connectivity index (χ0v) is 11.9. The summed E-state index contributed by atoms with van der Waals surface area (Å²) in [5.41, 5.74) is 6.57. The van der Waals surface area contributed by atoms with Gasteiger partial charge in [0, 0.05) is 0 Å². The summed E-state index contributed by atoms with van der Waals surface area (Å²) in [7, 11) is -4.64. The average molecular weight is 335 g/mol. The van der Waals surface area contributed by atoms with E-state index in [-0.39, 0.29) is 12.4 Å². The lowest BCUT2D eigenvalue weighted by Gasteiger charge is -2.16. The Morgan fingerprint density at radius 1 is 1.27 bits per heavy atom. The lowest BCUT2D eigenvalue weighted by atomic mass is 10.2. The smallest absolute Gasteiger partial charge is 0.388 e. The van der Waals surface area contributed by atoms with Crippen LogP contribution in [-0.4, -0.2) is 63.2 Å². The van der Waals surface area contributed by atoms with Crippen molar-refractivity contribution in [3.63, 3.8) is 0 Å². The molecule has 0 amide bonds. The Balaban J connectivity index is 0.000000309. The van der Waals surface area contributed by atoms with Gasteiger partial charge in [0.05, 0.1) is 12.9 Å². The molecule has 122 valence electrons. The van der Waals surface area contributed by atoms with Crippen molar-refractivity contribution in [1.82, 2.24) is 19.5 Å². The number of nitrogen functional groups attached to an aromatic ring is 1. The molecule has 2 aromatic heterocycles. The molecule has 0 aliphatic carbocycles. The predicted molar refractivity (Wildman–Crippen MR) is 71.0 cm³/mol. The zero-order chi connectivity index (χ0) is 16.5. The highest BCUT2D eigenvalue weighted by Crippen LogP contribution is 2.27. The summed E-state index contributed by atoms with van der Waals surface area (Å²) in [6, 6.07) is 0. The molecule has 0 bridgehead atoms. The highest BCUT2D eigenvalue weighted by molar-refractivity contribution is 7.45. The molecular weight excluding hydrogens is 321 g/mol. The molecule has 12 nitrogen and oxygen atoms in total. The van der Waals surface area contributed by atoms with Crippen molar-refractivity contribution in [3.8, 4) is 0 Å². The lowest BCUT2D eigenvalue weighted by molar-refractivity contribution is -0.0162. The minimum Gasteiger partial charge on any atom is -0.388 e. The largest absolute Gasteiger partial charge is 0.466 e. The number of phosphoric acid groups is 1. The van der Waals surface area contributed by atoms with Crippen molar-refractivity contribution in [2.45, 2.75) is 18.4 Å². The first kappa shape index (κ1) is 16.7. The van der Waals surface area contributed by atoms with Crippen LogP contribution in [0.4, 0.5) is 5.82 Å². The summed E-state index contributed by atoms with van der Waals surface area (Å²) in [5, 5.41) is 19.2. The average Bonchev–Trinajstić information content (AvgIpc) is 2.94. The summed E-state index contributed by atoms with van der Waals surface area (Å²) < 4.78 is 15.7. The number of imidazole rings is 1. The summed E-state index contributed by atoms with van der Waals surface area (Å²) in [4.78, 5) is 33.5. The van der Waals surface area contributed by atoms with Crippen LogP contribution in [0.5, 0.6) is 0 Å². The van der Waals surface area contributed by atoms with Crippen LogP contribution in [0.1, 0.15) is 6.23 Å². The first-order chi connectivity index (χ1) is 10.2. The van der Waals surface area contributed by atoms with Crippen LogP contribution in [0.15, 0.2) is 12.7 Å². The van der Waals surface area contributed by atoms with Gasteiger partial charge in [0.15, 0.2) is 17.7 Å². The Labute approximate surface area is 123 Å². The molecule has 3 rings (SSSR count). The first-order valence-electron chi connectivity index (χ1n) is 5.87. The number of ether oxygens (including phenoxy) is 1. The Morgan fingerprint density at radius 3 is 2.45 bits per heavy atom. The van der Waals surface area contributed by atoms with Crippen molar-refractivity contribution in [3.05, 3.63) is 12.7 Å². The molecule has 13 heteroatoms. The molecular formula is C9H14N5O7P. The number of aromatic nitrogens is 4. The van der Waals surface area contributed by atoms with Gasteiger partial charge in [0.25, 0.3) is 0 Å². The zero-order valence-electron chi connectivity index (χ0n) is 11.0. The number of nitrogens with two attached hydrogens (primary N) is 1. The normalized spacial score (nSPS) is 25.0. The Bertz CT molecular complexity index is 694. The molecule has 3 heterocycles. The topological polar surface area (TPSA) is 197 Å². The molecule has 0 unspecified atom stereocenters. The SMILES string of the molecule is Nc1ncnc2c1ncn2[C@@H]1OC[C@H](O)[C@H]1O.O=P(O)(O)O. The number of aliphatic hydroxyl groups is 2. The monoisotopic (exact) mass is 335 g/mol. The molecule has 1 aliphatic heterocycles. The highest BCUT2D eigenvalue weighted by atomic mass is 31.2. The number of rotatable bonds is 1. The molecule has 0 spiro atoms. The van der Waals surface area contributed by atoms with Gasteiger partial charge in [-0.1, -0.05) is 0 Å². The summed E-state index contributed by atoms with van der Waals surface area (Å²) in [6.45, 7) is 0.0755. The van der Waals surface area contributed by atoms with Crippen molar-refractivity contribution in [2.24, 2.45) is 0 Å². The quantitative estimate of drug-likeness (QED) is 0.307. The van der Waals surface area contributed by atoms with E-state index >= 15 is 0 Å². The van der Waals surface area contributed by atoms with Crippen molar-refractivity contribution >= 4 is 24.8 Å². The third kappa shape index (κ3) is 3.75. The van der Waals surface area contributed by atoms with Crippen LogP contribution in [0.25, 0.3) is 11.2 Å². The van der Waals surface area contributed by atoms with Gasteiger partial charge < -0.3 is 35.4 Å². The molecule has 2 aromatic rings. The van der Waals surface area contributed by atoms with Gasteiger partial charge in [-0.15, -0.1) is 0 Å². The molecule has 22 heavy (non-hydrogen) atoms. The van der Waals surface area contributed by atoms with Gasteiger partial charge in [-0.3, -0.25) is 4.57 Å². The first-order valence-corrected chi connectivity index (χ1v) is 7.44. The second-order valence-electron chi connectivity index (χ2n) is 4.38. The molecule has 1 aliphatic rings. The Morgan fingerprint density at radius 2 is 1.91 bits per heavy atom. The van der Waals surface area contributed by atoms with E-state index < -0.39 is 26.3 Å². The second kappa shape index (κ2) is 6.22. The minimum atomic E-state index is -4.64. The van der Waals surface area contributed by atoms with Gasteiger partial charge in [0.1, 0.15) is 24.1 Å². The summed E-state index contributed by atoms with van der Waals surface area (Å²) in [5.74, 6) is 0.266. The van der Waals surface area contributed by atoms with Gasteiger partial charge in [0.2, 0.25) is 0 Å². The Hall–Kier alpha value is -1.66. The number of hydrogen-bond donors (Lipinski definition) is 6. The molecule has 0 saturated carbocycles. The van der Waals surface area contributed by atoms with E-state index in [2.05, 4.69) is 15.0 Å². The number of nitrogens with zero attached hydrogens (tertiary/aromatic N) is 4. The third-order valence-electron chi connectivity index (χ3n) is 2.79.